The molecule has 1 amide bonds. The minimum absolute atomic E-state index is 0.0144. The second kappa shape index (κ2) is 10.2. The third-order valence-electron chi connectivity index (χ3n) is 6.08. The highest BCUT2D eigenvalue weighted by Gasteiger charge is 2.31. The first-order valence-corrected chi connectivity index (χ1v) is 12.0. The molecule has 1 aromatic heterocycles. The van der Waals surface area contributed by atoms with Crippen LogP contribution < -0.4 is 15.0 Å². The molecule has 2 atom stereocenters. The number of nitrogens with one attached hydrogen (secondary N) is 1. The van der Waals surface area contributed by atoms with Crippen molar-refractivity contribution in [2.75, 3.05) is 38.2 Å². The largest absolute Gasteiger partial charge is 0.495 e. The van der Waals surface area contributed by atoms with Crippen LogP contribution in [-0.2, 0) is 0 Å². The Hall–Kier alpha value is -2.83. The Morgan fingerprint density at radius 3 is 2.50 bits per heavy atom. The molecule has 6 heteroatoms. The van der Waals surface area contributed by atoms with Crippen molar-refractivity contribution in [2.45, 2.75) is 25.9 Å². The summed E-state index contributed by atoms with van der Waals surface area (Å²) in [4.78, 5) is 19.1. The number of ether oxygens (including phenoxy) is 1. The summed E-state index contributed by atoms with van der Waals surface area (Å²) in [5.74, 6) is 0.893. The van der Waals surface area contributed by atoms with Gasteiger partial charge >= 0.3 is 0 Å². The zero-order chi connectivity index (χ0) is 22.5. The van der Waals surface area contributed by atoms with E-state index in [1.54, 1.807) is 18.4 Å². The number of rotatable bonds is 7. The number of anilines is 1. The molecule has 0 radical (unpaired) electrons. The van der Waals surface area contributed by atoms with E-state index in [0.717, 1.165) is 43.2 Å². The van der Waals surface area contributed by atoms with Crippen LogP contribution in [0.4, 0.5) is 5.69 Å². The molecule has 1 fully saturated rings. The topological polar surface area (TPSA) is 44.8 Å². The minimum atomic E-state index is -0.0181. The number of aryl methyl sites for hydroxylation is 1. The summed E-state index contributed by atoms with van der Waals surface area (Å²) in [6, 6.07) is 20.3. The van der Waals surface area contributed by atoms with Gasteiger partial charge in [-0.05, 0) is 49.6 Å². The second-order valence-electron chi connectivity index (χ2n) is 8.29. The van der Waals surface area contributed by atoms with Gasteiger partial charge in [-0.2, -0.15) is 0 Å². The number of thiophene rings is 1. The van der Waals surface area contributed by atoms with Gasteiger partial charge in [0.2, 0.25) is 0 Å². The van der Waals surface area contributed by atoms with Crippen molar-refractivity contribution in [3.8, 4) is 5.75 Å². The molecular formula is C26H31N3O2S. The molecule has 5 nitrogen and oxygen atoms in total. The maximum Gasteiger partial charge on any atom is 0.251 e. The smallest absolute Gasteiger partial charge is 0.251 e. The standard InChI is InChI=1S/C26H31N3O2S/c1-19-8-6-9-21(18-19)26(30)27-20(2)25(24-12-7-17-32-24)29-15-13-28(14-16-29)22-10-4-5-11-23(22)31-3/h4-12,17-18,20,25H,13-16H2,1-3H3,(H,27,30)/t20-,25-/m0/s1. The van der Waals surface area contributed by atoms with Crippen LogP contribution >= 0.6 is 11.3 Å². The number of carbonyl (C=O) groups excluding carboxylic acids is 1. The van der Waals surface area contributed by atoms with Crippen molar-refractivity contribution >= 4 is 22.9 Å². The third-order valence-corrected chi connectivity index (χ3v) is 7.02. The number of piperazine rings is 1. The highest BCUT2D eigenvalue weighted by atomic mass is 32.1. The van der Waals surface area contributed by atoms with E-state index in [9.17, 15) is 4.79 Å². The second-order valence-corrected chi connectivity index (χ2v) is 9.27. The van der Waals surface area contributed by atoms with Crippen LogP contribution in [0, 0.1) is 6.92 Å². The van der Waals surface area contributed by atoms with E-state index < -0.39 is 0 Å². The van der Waals surface area contributed by atoms with Crippen LogP contribution in [0.1, 0.15) is 33.8 Å². The first-order chi connectivity index (χ1) is 15.6. The monoisotopic (exact) mass is 449 g/mol. The van der Waals surface area contributed by atoms with E-state index in [1.165, 1.54) is 4.88 Å². The molecule has 0 unspecified atom stereocenters. The normalized spacial score (nSPS) is 16.4. The van der Waals surface area contributed by atoms with Crippen LogP contribution in [0.25, 0.3) is 0 Å². The Labute approximate surface area is 194 Å². The Morgan fingerprint density at radius 2 is 1.81 bits per heavy atom. The van der Waals surface area contributed by atoms with Crippen LogP contribution in [0.15, 0.2) is 66.0 Å². The quantitative estimate of drug-likeness (QED) is 0.566. The minimum Gasteiger partial charge on any atom is -0.495 e. The lowest BCUT2D eigenvalue weighted by molar-refractivity contribution is 0.0890. The van der Waals surface area contributed by atoms with E-state index in [4.69, 9.17) is 4.74 Å². The van der Waals surface area contributed by atoms with Crippen molar-refractivity contribution in [1.82, 2.24) is 10.2 Å². The zero-order valence-corrected chi connectivity index (χ0v) is 19.8. The van der Waals surface area contributed by atoms with E-state index in [0.29, 0.717) is 5.56 Å². The molecule has 3 aromatic rings. The van der Waals surface area contributed by atoms with Gasteiger partial charge < -0.3 is 15.0 Å². The Bertz CT molecular complexity index is 1030. The van der Waals surface area contributed by atoms with E-state index in [1.807, 2.05) is 43.3 Å². The average Bonchev–Trinajstić information content (AvgIpc) is 3.34. The average molecular weight is 450 g/mol. The summed E-state index contributed by atoms with van der Waals surface area (Å²) >= 11 is 1.76. The molecule has 0 bridgehead atoms. The lowest BCUT2D eigenvalue weighted by Gasteiger charge is -2.42. The fraction of sp³-hybridized carbons (Fsp3) is 0.346. The predicted octanol–water partition coefficient (Wildman–Crippen LogP) is 4.75. The van der Waals surface area contributed by atoms with Gasteiger partial charge in [0.1, 0.15) is 5.75 Å². The van der Waals surface area contributed by atoms with Gasteiger partial charge in [0.25, 0.3) is 5.91 Å². The first-order valence-electron chi connectivity index (χ1n) is 11.1. The summed E-state index contributed by atoms with van der Waals surface area (Å²) in [7, 11) is 1.72. The van der Waals surface area contributed by atoms with Crippen LogP contribution in [0.5, 0.6) is 5.75 Å². The van der Waals surface area contributed by atoms with Gasteiger partial charge in [-0.25, -0.2) is 0 Å². The highest BCUT2D eigenvalue weighted by Crippen LogP contribution is 2.32. The van der Waals surface area contributed by atoms with Gasteiger partial charge in [-0.3, -0.25) is 9.69 Å². The van der Waals surface area contributed by atoms with E-state index >= 15 is 0 Å². The predicted molar refractivity (Wildman–Crippen MR) is 132 cm³/mol. The van der Waals surface area contributed by atoms with Gasteiger partial charge in [0.05, 0.1) is 18.8 Å². The summed E-state index contributed by atoms with van der Waals surface area (Å²) in [6.07, 6.45) is 0. The van der Waals surface area contributed by atoms with Gasteiger partial charge in [0, 0.05) is 42.7 Å². The molecule has 2 aromatic carbocycles. The molecule has 2 heterocycles. The summed E-state index contributed by atoms with van der Waals surface area (Å²) in [5, 5.41) is 5.38. The molecule has 32 heavy (non-hydrogen) atoms. The molecule has 1 aliphatic heterocycles. The third kappa shape index (κ3) is 4.97. The van der Waals surface area contributed by atoms with Crippen molar-refractivity contribution in [1.29, 1.82) is 0 Å². The fourth-order valence-electron chi connectivity index (χ4n) is 4.49. The maximum absolute atomic E-state index is 12.9. The number of amides is 1. The Balaban J connectivity index is 1.47. The SMILES string of the molecule is COc1ccccc1N1CCN([C@H](c2cccs2)[C@H](C)NC(=O)c2cccc(C)c2)CC1. The molecule has 1 saturated heterocycles. The summed E-state index contributed by atoms with van der Waals surface area (Å²) < 4.78 is 5.56. The number of para-hydroxylation sites is 2. The van der Waals surface area contributed by atoms with Gasteiger partial charge in [0.15, 0.2) is 0 Å². The lowest BCUT2D eigenvalue weighted by Crippen LogP contribution is -2.52. The van der Waals surface area contributed by atoms with Crippen molar-refractivity contribution in [3.05, 3.63) is 82.0 Å². The van der Waals surface area contributed by atoms with E-state index in [-0.39, 0.29) is 18.0 Å². The van der Waals surface area contributed by atoms with Crippen molar-refractivity contribution in [2.24, 2.45) is 0 Å². The number of nitrogens with zero attached hydrogens (tertiary/aromatic N) is 2. The molecule has 0 saturated carbocycles. The van der Waals surface area contributed by atoms with Gasteiger partial charge in [-0.15, -0.1) is 11.3 Å². The maximum atomic E-state index is 12.9. The Morgan fingerprint density at radius 1 is 1.03 bits per heavy atom. The summed E-state index contributed by atoms with van der Waals surface area (Å²) in [6.45, 7) is 7.80. The molecular weight excluding hydrogens is 418 g/mol. The van der Waals surface area contributed by atoms with Crippen LogP contribution in [0.3, 0.4) is 0 Å². The van der Waals surface area contributed by atoms with Crippen LogP contribution in [-0.4, -0.2) is 50.1 Å². The van der Waals surface area contributed by atoms with Crippen molar-refractivity contribution < 1.29 is 9.53 Å². The molecule has 0 aliphatic carbocycles. The van der Waals surface area contributed by atoms with E-state index in [2.05, 4.69) is 51.7 Å². The zero-order valence-electron chi connectivity index (χ0n) is 19.0. The highest BCUT2D eigenvalue weighted by molar-refractivity contribution is 7.10. The number of methoxy groups -OCH3 is 1. The fourth-order valence-corrected chi connectivity index (χ4v) is 5.45. The molecule has 0 spiro atoms. The number of hydrogen-bond acceptors (Lipinski definition) is 5. The lowest BCUT2D eigenvalue weighted by atomic mass is 10.0. The molecule has 1 aliphatic rings. The summed E-state index contributed by atoms with van der Waals surface area (Å²) in [5.41, 5.74) is 2.94. The Kier molecular flexibility index (Phi) is 7.12. The molecule has 1 N–H and O–H groups in total. The number of hydrogen-bond donors (Lipinski definition) is 1. The number of benzene rings is 2. The molecule has 168 valence electrons. The van der Waals surface area contributed by atoms with Gasteiger partial charge in [-0.1, -0.05) is 35.9 Å². The first kappa shape index (κ1) is 22.4. The van der Waals surface area contributed by atoms with Crippen molar-refractivity contribution in [3.63, 3.8) is 0 Å². The molecule has 4 rings (SSSR count). The van der Waals surface area contributed by atoms with Crippen LogP contribution in [0.2, 0.25) is 0 Å². The number of carbonyl (C=O) groups is 1.